The summed E-state index contributed by atoms with van der Waals surface area (Å²) in [7, 11) is 0. The van der Waals surface area contributed by atoms with Gasteiger partial charge >= 0.3 is 0 Å². The van der Waals surface area contributed by atoms with Crippen LogP contribution in [0.4, 0.5) is 5.82 Å². The molecular formula is C14H19N3S. The molecule has 0 aliphatic heterocycles. The van der Waals surface area contributed by atoms with Gasteiger partial charge in [0.1, 0.15) is 16.5 Å². The predicted molar refractivity (Wildman–Crippen MR) is 77.0 cm³/mol. The number of nitrogens with two attached hydrogens (primary N) is 1. The summed E-state index contributed by atoms with van der Waals surface area (Å²) in [6.45, 7) is 6.60. The van der Waals surface area contributed by atoms with Gasteiger partial charge in [0.15, 0.2) is 0 Å². The molecule has 0 amide bonds. The number of nitrogen functional groups attached to an aromatic ring is 1. The molecule has 2 aromatic heterocycles. The quantitative estimate of drug-likeness (QED) is 0.856. The van der Waals surface area contributed by atoms with Crippen LogP contribution in [0.3, 0.4) is 0 Å². The van der Waals surface area contributed by atoms with Gasteiger partial charge in [-0.3, -0.25) is 0 Å². The maximum Gasteiger partial charge on any atom is 0.136 e. The summed E-state index contributed by atoms with van der Waals surface area (Å²) in [5.41, 5.74) is 7.76. The van der Waals surface area contributed by atoms with Crippen LogP contribution in [-0.2, 0) is 19.3 Å². The fourth-order valence-corrected chi connectivity index (χ4v) is 3.91. The predicted octanol–water partition coefficient (Wildman–Crippen LogP) is 3.35. The largest absolute Gasteiger partial charge is 0.383 e. The number of anilines is 1. The molecule has 2 aromatic rings. The lowest BCUT2D eigenvalue weighted by molar-refractivity contribution is 0.401. The van der Waals surface area contributed by atoms with Crippen LogP contribution in [0.15, 0.2) is 0 Å². The summed E-state index contributed by atoms with van der Waals surface area (Å²) >= 11 is 1.81. The van der Waals surface area contributed by atoms with Gasteiger partial charge in [-0.05, 0) is 30.2 Å². The van der Waals surface area contributed by atoms with Gasteiger partial charge in [0.25, 0.3) is 0 Å². The molecule has 0 aromatic carbocycles. The second kappa shape index (κ2) is 3.92. The van der Waals surface area contributed by atoms with Gasteiger partial charge in [-0.25, -0.2) is 9.97 Å². The lowest BCUT2D eigenvalue weighted by Gasteiger charge is -2.16. The van der Waals surface area contributed by atoms with E-state index in [1.165, 1.54) is 23.3 Å². The number of thiophene rings is 1. The van der Waals surface area contributed by atoms with Crippen molar-refractivity contribution in [3.05, 3.63) is 16.3 Å². The van der Waals surface area contributed by atoms with E-state index in [2.05, 4.69) is 25.8 Å². The van der Waals surface area contributed by atoms with E-state index in [1.807, 2.05) is 11.3 Å². The molecule has 1 aliphatic rings. The van der Waals surface area contributed by atoms with Crippen LogP contribution in [-0.4, -0.2) is 9.97 Å². The minimum absolute atomic E-state index is 0.195. The lowest BCUT2D eigenvalue weighted by Crippen LogP contribution is -2.12. The Morgan fingerprint density at radius 2 is 2.00 bits per heavy atom. The van der Waals surface area contributed by atoms with Crippen molar-refractivity contribution in [1.82, 2.24) is 9.97 Å². The van der Waals surface area contributed by atoms with Crippen molar-refractivity contribution >= 4 is 27.4 Å². The van der Waals surface area contributed by atoms with Crippen molar-refractivity contribution in [2.75, 3.05) is 5.73 Å². The summed E-state index contributed by atoms with van der Waals surface area (Å²) < 4.78 is 0. The average Bonchev–Trinajstić information content (AvgIpc) is 2.72. The van der Waals surface area contributed by atoms with Crippen molar-refractivity contribution < 1.29 is 0 Å². The maximum absolute atomic E-state index is 6.15. The number of aromatic nitrogens is 2. The highest BCUT2D eigenvalue weighted by Crippen LogP contribution is 2.38. The van der Waals surface area contributed by atoms with Gasteiger partial charge in [-0.15, -0.1) is 11.3 Å². The van der Waals surface area contributed by atoms with Crippen molar-refractivity contribution in [1.29, 1.82) is 0 Å². The van der Waals surface area contributed by atoms with E-state index in [1.54, 1.807) is 0 Å². The van der Waals surface area contributed by atoms with Crippen molar-refractivity contribution in [2.24, 2.45) is 5.41 Å². The third-order valence-electron chi connectivity index (χ3n) is 3.33. The maximum atomic E-state index is 6.15. The van der Waals surface area contributed by atoms with E-state index in [0.717, 1.165) is 28.9 Å². The average molecular weight is 261 g/mol. The first-order valence-corrected chi connectivity index (χ1v) is 7.32. The van der Waals surface area contributed by atoms with Crippen LogP contribution >= 0.6 is 11.3 Å². The second-order valence-corrected chi connectivity index (χ2v) is 7.38. The van der Waals surface area contributed by atoms with Crippen molar-refractivity contribution in [2.45, 2.75) is 46.5 Å². The van der Waals surface area contributed by atoms with Crippen LogP contribution in [0.2, 0.25) is 0 Å². The Labute approximate surface area is 111 Å². The molecule has 3 nitrogen and oxygen atoms in total. The minimum atomic E-state index is 0.195. The number of hydrogen-bond donors (Lipinski definition) is 1. The zero-order valence-electron chi connectivity index (χ0n) is 11.2. The SMILES string of the molecule is CC(C)(C)Cc1nc(N)c2c3c(sc2n1)CCC3. The van der Waals surface area contributed by atoms with Crippen molar-refractivity contribution in [3.8, 4) is 0 Å². The Balaban J connectivity index is 2.12. The van der Waals surface area contributed by atoms with E-state index in [9.17, 15) is 0 Å². The molecule has 1 aliphatic carbocycles. The number of aryl methyl sites for hydroxylation is 2. The molecule has 0 bridgehead atoms. The molecule has 18 heavy (non-hydrogen) atoms. The molecule has 96 valence electrons. The van der Waals surface area contributed by atoms with Crippen LogP contribution < -0.4 is 5.73 Å². The molecule has 2 N–H and O–H groups in total. The summed E-state index contributed by atoms with van der Waals surface area (Å²) in [5, 5.41) is 1.13. The van der Waals surface area contributed by atoms with Crippen LogP contribution in [0.1, 0.15) is 43.5 Å². The lowest BCUT2D eigenvalue weighted by atomic mass is 9.92. The van der Waals surface area contributed by atoms with E-state index >= 15 is 0 Å². The molecule has 2 heterocycles. The number of fused-ring (bicyclic) bond motifs is 3. The molecule has 0 fully saturated rings. The van der Waals surface area contributed by atoms with Gasteiger partial charge < -0.3 is 5.73 Å². The van der Waals surface area contributed by atoms with E-state index < -0.39 is 0 Å². The standard InChI is InChI=1S/C14H19N3S/c1-14(2,3)7-10-16-12(15)11-8-5-4-6-9(8)18-13(11)17-10/h4-7H2,1-3H3,(H2,15,16,17). The summed E-state index contributed by atoms with van der Waals surface area (Å²) in [5.74, 6) is 1.56. The Morgan fingerprint density at radius 3 is 2.72 bits per heavy atom. The first kappa shape index (κ1) is 11.9. The molecule has 4 heteroatoms. The van der Waals surface area contributed by atoms with Crippen LogP contribution in [0.5, 0.6) is 0 Å². The van der Waals surface area contributed by atoms with E-state index in [-0.39, 0.29) is 5.41 Å². The Hall–Kier alpha value is -1.16. The van der Waals surface area contributed by atoms with Crippen LogP contribution in [0.25, 0.3) is 10.2 Å². The molecule has 0 unspecified atom stereocenters. The third kappa shape index (κ3) is 1.99. The summed E-state index contributed by atoms with van der Waals surface area (Å²) in [4.78, 5) is 11.8. The Kier molecular flexibility index (Phi) is 2.59. The monoisotopic (exact) mass is 261 g/mol. The van der Waals surface area contributed by atoms with Crippen molar-refractivity contribution in [3.63, 3.8) is 0 Å². The van der Waals surface area contributed by atoms with E-state index in [4.69, 9.17) is 10.7 Å². The fourth-order valence-electron chi connectivity index (χ4n) is 2.62. The topological polar surface area (TPSA) is 51.8 Å². The molecular weight excluding hydrogens is 242 g/mol. The zero-order chi connectivity index (χ0) is 12.9. The molecule has 0 spiro atoms. The minimum Gasteiger partial charge on any atom is -0.383 e. The third-order valence-corrected chi connectivity index (χ3v) is 4.51. The highest BCUT2D eigenvalue weighted by Gasteiger charge is 2.22. The van der Waals surface area contributed by atoms with Gasteiger partial charge in [-0.2, -0.15) is 0 Å². The molecule has 0 saturated heterocycles. The smallest absolute Gasteiger partial charge is 0.136 e. The van der Waals surface area contributed by atoms with Gasteiger partial charge in [0, 0.05) is 11.3 Å². The fraction of sp³-hybridized carbons (Fsp3) is 0.571. The summed E-state index contributed by atoms with van der Waals surface area (Å²) in [6.07, 6.45) is 4.45. The van der Waals surface area contributed by atoms with Gasteiger partial charge in [0.05, 0.1) is 5.39 Å². The molecule has 3 rings (SSSR count). The van der Waals surface area contributed by atoms with Gasteiger partial charge in [0.2, 0.25) is 0 Å². The molecule has 0 saturated carbocycles. The number of hydrogen-bond acceptors (Lipinski definition) is 4. The van der Waals surface area contributed by atoms with Crippen LogP contribution in [0, 0.1) is 5.41 Å². The van der Waals surface area contributed by atoms with Gasteiger partial charge in [-0.1, -0.05) is 20.8 Å². The first-order chi connectivity index (χ1) is 8.44. The molecule has 0 atom stereocenters. The van der Waals surface area contributed by atoms with E-state index in [0.29, 0.717) is 5.82 Å². The first-order valence-electron chi connectivity index (χ1n) is 6.51. The highest BCUT2D eigenvalue weighted by atomic mass is 32.1. The Bertz CT molecular complexity index is 608. The molecule has 0 radical (unpaired) electrons. The second-order valence-electron chi connectivity index (χ2n) is 6.30. The number of rotatable bonds is 1. The zero-order valence-corrected chi connectivity index (χ0v) is 12.0. The normalized spacial score (nSPS) is 15.3. The Morgan fingerprint density at radius 1 is 1.22 bits per heavy atom. The number of nitrogens with zero attached hydrogens (tertiary/aromatic N) is 2. The summed E-state index contributed by atoms with van der Waals surface area (Å²) in [6, 6.07) is 0. The highest BCUT2D eigenvalue weighted by molar-refractivity contribution is 7.19.